The summed E-state index contributed by atoms with van der Waals surface area (Å²) in [6, 6.07) is 2.43. The molecule has 1 heterocycles. The first-order valence-corrected chi connectivity index (χ1v) is 6.76. The van der Waals surface area contributed by atoms with Gasteiger partial charge in [-0.25, -0.2) is 0 Å². The standard InChI is InChI=1S/C14H26N2O2/c1-4-6-15-14(11(2)3)12-5-7-16(8-12)9-13(18)10-17/h5,7-8,11,13-15,17-18H,4,6,9-10H2,1-3H3. The highest BCUT2D eigenvalue weighted by atomic mass is 16.3. The minimum atomic E-state index is -0.689. The summed E-state index contributed by atoms with van der Waals surface area (Å²) in [6.45, 7) is 7.81. The van der Waals surface area contributed by atoms with Crippen molar-refractivity contribution >= 4 is 0 Å². The van der Waals surface area contributed by atoms with Gasteiger partial charge in [0.05, 0.1) is 19.3 Å². The van der Waals surface area contributed by atoms with Gasteiger partial charge >= 0.3 is 0 Å². The van der Waals surface area contributed by atoms with Gasteiger partial charge in [-0.1, -0.05) is 20.8 Å². The molecule has 1 rings (SSSR count). The van der Waals surface area contributed by atoms with Crippen LogP contribution in [0.5, 0.6) is 0 Å². The van der Waals surface area contributed by atoms with E-state index >= 15 is 0 Å². The van der Waals surface area contributed by atoms with Crippen LogP contribution in [0, 0.1) is 5.92 Å². The highest BCUT2D eigenvalue weighted by Gasteiger charge is 2.16. The van der Waals surface area contributed by atoms with Crippen molar-refractivity contribution in [2.75, 3.05) is 13.2 Å². The van der Waals surface area contributed by atoms with E-state index in [1.165, 1.54) is 5.56 Å². The van der Waals surface area contributed by atoms with Gasteiger partial charge in [-0.05, 0) is 30.5 Å². The first kappa shape index (κ1) is 15.2. The summed E-state index contributed by atoms with van der Waals surface area (Å²) in [6.07, 6.45) is 4.43. The van der Waals surface area contributed by atoms with Gasteiger partial charge < -0.3 is 20.1 Å². The molecule has 0 spiro atoms. The monoisotopic (exact) mass is 254 g/mol. The van der Waals surface area contributed by atoms with Crippen molar-refractivity contribution in [3.05, 3.63) is 24.0 Å². The number of hydrogen-bond acceptors (Lipinski definition) is 3. The smallest absolute Gasteiger partial charge is 0.0949 e. The number of hydrogen-bond donors (Lipinski definition) is 3. The van der Waals surface area contributed by atoms with Gasteiger partial charge in [0.2, 0.25) is 0 Å². The van der Waals surface area contributed by atoms with Crippen molar-refractivity contribution in [1.82, 2.24) is 9.88 Å². The van der Waals surface area contributed by atoms with Gasteiger partial charge in [0.1, 0.15) is 0 Å². The third-order valence-electron chi connectivity index (χ3n) is 3.05. The van der Waals surface area contributed by atoms with E-state index in [-0.39, 0.29) is 6.61 Å². The second-order valence-corrected chi connectivity index (χ2v) is 5.15. The molecule has 0 aromatic carbocycles. The molecule has 104 valence electrons. The lowest BCUT2D eigenvalue weighted by atomic mass is 9.98. The van der Waals surface area contributed by atoms with Crippen LogP contribution >= 0.6 is 0 Å². The Hall–Kier alpha value is -0.840. The lowest BCUT2D eigenvalue weighted by Crippen LogP contribution is -2.26. The average molecular weight is 254 g/mol. The molecule has 0 aliphatic carbocycles. The Balaban J connectivity index is 2.68. The normalized spacial score (nSPS) is 15.0. The third-order valence-corrected chi connectivity index (χ3v) is 3.05. The lowest BCUT2D eigenvalue weighted by Gasteiger charge is -2.21. The highest BCUT2D eigenvalue weighted by Crippen LogP contribution is 2.22. The zero-order valence-electron chi connectivity index (χ0n) is 11.6. The van der Waals surface area contributed by atoms with Crippen LogP contribution in [0.4, 0.5) is 0 Å². The van der Waals surface area contributed by atoms with E-state index in [0.717, 1.165) is 13.0 Å². The zero-order valence-corrected chi connectivity index (χ0v) is 11.6. The van der Waals surface area contributed by atoms with Crippen molar-refractivity contribution in [2.24, 2.45) is 5.92 Å². The van der Waals surface area contributed by atoms with Crippen LogP contribution in [0.25, 0.3) is 0 Å². The summed E-state index contributed by atoms with van der Waals surface area (Å²) in [5.41, 5.74) is 1.24. The number of aromatic nitrogens is 1. The van der Waals surface area contributed by atoms with Crippen molar-refractivity contribution in [3.8, 4) is 0 Å². The number of aliphatic hydroxyl groups is 2. The minimum Gasteiger partial charge on any atom is -0.394 e. The molecule has 0 saturated carbocycles. The number of rotatable bonds is 8. The molecule has 1 aromatic rings. The molecule has 0 saturated heterocycles. The fourth-order valence-corrected chi connectivity index (χ4v) is 2.10. The van der Waals surface area contributed by atoms with Gasteiger partial charge in [-0.15, -0.1) is 0 Å². The summed E-state index contributed by atoms with van der Waals surface area (Å²) in [5, 5.41) is 21.8. The van der Waals surface area contributed by atoms with E-state index < -0.39 is 6.10 Å². The molecule has 0 aliphatic rings. The maximum atomic E-state index is 9.42. The maximum Gasteiger partial charge on any atom is 0.0949 e. The molecule has 2 unspecified atom stereocenters. The molecule has 0 aliphatic heterocycles. The summed E-state index contributed by atoms with van der Waals surface area (Å²) in [5.74, 6) is 0.523. The van der Waals surface area contributed by atoms with Gasteiger partial charge in [-0.2, -0.15) is 0 Å². The largest absolute Gasteiger partial charge is 0.394 e. The Bertz CT molecular complexity index is 336. The molecule has 0 fully saturated rings. The molecular formula is C14H26N2O2. The van der Waals surface area contributed by atoms with Crippen LogP contribution in [-0.2, 0) is 6.54 Å². The molecule has 0 amide bonds. The predicted molar refractivity (Wildman–Crippen MR) is 73.4 cm³/mol. The van der Waals surface area contributed by atoms with Crippen molar-refractivity contribution in [2.45, 2.75) is 45.9 Å². The molecular weight excluding hydrogens is 228 g/mol. The summed E-state index contributed by atoms with van der Waals surface area (Å²) in [7, 11) is 0. The third kappa shape index (κ3) is 4.44. The number of aliphatic hydroxyl groups excluding tert-OH is 2. The Morgan fingerprint density at radius 1 is 1.39 bits per heavy atom. The van der Waals surface area contributed by atoms with Crippen LogP contribution < -0.4 is 5.32 Å². The number of nitrogens with one attached hydrogen (secondary N) is 1. The average Bonchev–Trinajstić information content (AvgIpc) is 2.77. The Morgan fingerprint density at radius 2 is 2.11 bits per heavy atom. The summed E-state index contributed by atoms with van der Waals surface area (Å²) in [4.78, 5) is 0. The zero-order chi connectivity index (χ0) is 13.5. The van der Waals surface area contributed by atoms with E-state index in [9.17, 15) is 5.11 Å². The van der Waals surface area contributed by atoms with E-state index in [1.807, 2.05) is 17.0 Å². The predicted octanol–water partition coefficient (Wildman–Crippen LogP) is 1.54. The van der Waals surface area contributed by atoms with Crippen LogP contribution in [0.3, 0.4) is 0 Å². The lowest BCUT2D eigenvalue weighted by molar-refractivity contribution is 0.0812. The van der Waals surface area contributed by atoms with Gasteiger partial charge in [0.25, 0.3) is 0 Å². The van der Waals surface area contributed by atoms with Crippen molar-refractivity contribution in [3.63, 3.8) is 0 Å². The van der Waals surface area contributed by atoms with Crippen LogP contribution in [0.1, 0.15) is 38.8 Å². The van der Waals surface area contributed by atoms with E-state index in [2.05, 4.69) is 32.2 Å². The second kappa shape index (κ2) is 7.56. The SMILES string of the molecule is CCCNC(c1ccn(CC(O)CO)c1)C(C)C. The minimum absolute atomic E-state index is 0.199. The molecule has 0 radical (unpaired) electrons. The molecule has 4 nitrogen and oxygen atoms in total. The van der Waals surface area contributed by atoms with Crippen LogP contribution in [0.2, 0.25) is 0 Å². The molecule has 0 bridgehead atoms. The van der Waals surface area contributed by atoms with E-state index in [4.69, 9.17) is 5.11 Å². The Morgan fingerprint density at radius 3 is 2.67 bits per heavy atom. The van der Waals surface area contributed by atoms with Crippen molar-refractivity contribution in [1.29, 1.82) is 0 Å². The summed E-state index contributed by atoms with van der Waals surface area (Å²) < 4.78 is 1.93. The first-order valence-electron chi connectivity index (χ1n) is 6.76. The van der Waals surface area contributed by atoms with E-state index in [0.29, 0.717) is 18.5 Å². The van der Waals surface area contributed by atoms with Crippen LogP contribution in [0.15, 0.2) is 18.5 Å². The van der Waals surface area contributed by atoms with Crippen LogP contribution in [-0.4, -0.2) is 34.0 Å². The van der Waals surface area contributed by atoms with Gasteiger partial charge in [-0.3, -0.25) is 0 Å². The molecule has 3 N–H and O–H groups in total. The van der Waals surface area contributed by atoms with Crippen molar-refractivity contribution < 1.29 is 10.2 Å². The fraction of sp³-hybridized carbons (Fsp3) is 0.714. The van der Waals surface area contributed by atoms with Gasteiger partial charge in [0.15, 0.2) is 0 Å². The quantitative estimate of drug-likeness (QED) is 0.659. The molecule has 1 aromatic heterocycles. The molecule has 18 heavy (non-hydrogen) atoms. The first-order chi connectivity index (χ1) is 8.58. The fourth-order valence-electron chi connectivity index (χ4n) is 2.10. The highest BCUT2D eigenvalue weighted by molar-refractivity contribution is 5.16. The molecule has 4 heteroatoms. The van der Waals surface area contributed by atoms with Gasteiger partial charge in [0, 0.05) is 18.4 Å². The topological polar surface area (TPSA) is 57.4 Å². The summed E-state index contributed by atoms with van der Waals surface area (Å²) >= 11 is 0. The maximum absolute atomic E-state index is 9.42. The van der Waals surface area contributed by atoms with E-state index in [1.54, 1.807) is 0 Å². The molecule has 2 atom stereocenters. The Labute approximate surface area is 110 Å². The Kier molecular flexibility index (Phi) is 6.39. The second-order valence-electron chi connectivity index (χ2n) is 5.15. The number of nitrogens with zero attached hydrogens (tertiary/aromatic N) is 1.